The van der Waals surface area contributed by atoms with Gasteiger partial charge >= 0.3 is 0 Å². The third-order valence-corrected chi connectivity index (χ3v) is 3.22. The molecule has 20 heavy (non-hydrogen) atoms. The topological polar surface area (TPSA) is 58.9 Å². The van der Waals surface area contributed by atoms with Crippen molar-refractivity contribution in [2.75, 3.05) is 30.9 Å². The van der Waals surface area contributed by atoms with Crippen LogP contribution in [0.2, 0.25) is 0 Å². The number of anilines is 2. The van der Waals surface area contributed by atoms with Crippen molar-refractivity contribution in [3.8, 4) is 0 Å². The molecule has 0 saturated carbocycles. The molecule has 0 aliphatic carbocycles. The zero-order valence-electron chi connectivity index (χ0n) is 12.6. The smallest absolute Gasteiger partial charge is 0.227 e. The van der Waals surface area contributed by atoms with E-state index in [1.165, 1.54) is 0 Å². The van der Waals surface area contributed by atoms with Gasteiger partial charge in [-0.25, -0.2) is 9.97 Å². The highest BCUT2D eigenvalue weighted by atomic mass is 15.2. The van der Waals surface area contributed by atoms with E-state index in [1.54, 1.807) is 6.20 Å². The van der Waals surface area contributed by atoms with E-state index >= 15 is 0 Å². The number of aromatic nitrogens is 4. The minimum absolute atomic E-state index is 0.741. The lowest BCUT2D eigenvalue weighted by molar-refractivity contribution is 0.659. The van der Waals surface area contributed by atoms with Crippen LogP contribution in [0.5, 0.6) is 0 Å². The molecule has 2 aromatic rings. The second kappa shape index (κ2) is 6.36. The van der Waals surface area contributed by atoms with E-state index in [0.29, 0.717) is 0 Å². The van der Waals surface area contributed by atoms with Gasteiger partial charge in [0, 0.05) is 50.8 Å². The van der Waals surface area contributed by atoms with E-state index in [9.17, 15) is 0 Å². The molecule has 0 aliphatic rings. The number of aryl methyl sites for hydroxylation is 2. The van der Waals surface area contributed by atoms with Crippen molar-refractivity contribution in [1.82, 2.24) is 19.5 Å². The first-order chi connectivity index (χ1) is 9.58. The van der Waals surface area contributed by atoms with Gasteiger partial charge in [-0.1, -0.05) is 0 Å². The Balaban J connectivity index is 1.94. The Morgan fingerprint density at radius 1 is 1.25 bits per heavy atom. The molecule has 2 rings (SSSR count). The predicted octanol–water partition coefficient (Wildman–Crippen LogP) is 1.86. The molecule has 0 atom stereocenters. The summed E-state index contributed by atoms with van der Waals surface area (Å²) in [6.45, 7) is 5.90. The molecule has 1 N–H and O–H groups in total. The molecule has 6 nitrogen and oxygen atoms in total. The first kappa shape index (κ1) is 14.3. The Morgan fingerprint density at radius 3 is 2.70 bits per heavy atom. The Kier molecular flexibility index (Phi) is 4.55. The number of nitrogens with zero attached hydrogens (tertiary/aromatic N) is 5. The largest absolute Gasteiger partial charge is 0.370 e. The quantitative estimate of drug-likeness (QED) is 0.815. The van der Waals surface area contributed by atoms with Crippen LogP contribution in [-0.4, -0.2) is 40.2 Å². The average molecular weight is 274 g/mol. The van der Waals surface area contributed by atoms with Gasteiger partial charge in [-0.15, -0.1) is 0 Å². The number of imidazole rings is 1. The lowest BCUT2D eigenvalue weighted by atomic mass is 10.2. The van der Waals surface area contributed by atoms with Gasteiger partial charge in [-0.2, -0.15) is 4.98 Å². The lowest BCUT2D eigenvalue weighted by Gasteiger charge is -2.16. The maximum atomic E-state index is 4.55. The van der Waals surface area contributed by atoms with Gasteiger partial charge in [0.1, 0.15) is 5.82 Å². The van der Waals surface area contributed by atoms with Crippen LogP contribution in [0.3, 0.4) is 0 Å². The highest BCUT2D eigenvalue weighted by Gasteiger charge is 2.08. The predicted molar refractivity (Wildman–Crippen MR) is 81.2 cm³/mol. The van der Waals surface area contributed by atoms with E-state index in [-0.39, 0.29) is 0 Å². The highest BCUT2D eigenvalue weighted by Crippen LogP contribution is 2.18. The first-order valence-corrected chi connectivity index (χ1v) is 6.80. The summed E-state index contributed by atoms with van der Waals surface area (Å²) in [5.74, 6) is 1.66. The summed E-state index contributed by atoms with van der Waals surface area (Å²) in [5, 5.41) is 3.40. The molecule has 2 aromatic heterocycles. The van der Waals surface area contributed by atoms with Crippen LogP contribution in [0, 0.1) is 13.8 Å². The molecule has 0 amide bonds. The maximum absolute atomic E-state index is 4.55. The summed E-state index contributed by atoms with van der Waals surface area (Å²) in [7, 11) is 3.90. The van der Waals surface area contributed by atoms with Gasteiger partial charge in [0.25, 0.3) is 0 Å². The third-order valence-electron chi connectivity index (χ3n) is 3.22. The molecule has 108 valence electrons. The molecule has 0 unspecified atom stereocenters. The van der Waals surface area contributed by atoms with Crippen molar-refractivity contribution in [3.63, 3.8) is 0 Å². The van der Waals surface area contributed by atoms with E-state index in [1.807, 2.05) is 45.4 Å². The van der Waals surface area contributed by atoms with Crippen LogP contribution >= 0.6 is 0 Å². The Labute approximate surface area is 119 Å². The van der Waals surface area contributed by atoms with Crippen molar-refractivity contribution >= 4 is 11.8 Å². The van der Waals surface area contributed by atoms with Crippen LogP contribution in [-0.2, 0) is 6.54 Å². The van der Waals surface area contributed by atoms with Crippen LogP contribution < -0.4 is 10.2 Å². The number of hydrogen-bond donors (Lipinski definition) is 1. The molecule has 0 bridgehead atoms. The van der Waals surface area contributed by atoms with Crippen molar-refractivity contribution in [2.24, 2.45) is 0 Å². The van der Waals surface area contributed by atoms with E-state index < -0.39 is 0 Å². The van der Waals surface area contributed by atoms with Gasteiger partial charge in [0.2, 0.25) is 5.95 Å². The zero-order chi connectivity index (χ0) is 14.5. The molecule has 0 aliphatic heterocycles. The maximum Gasteiger partial charge on any atom is 0.227 e. The van der Waals surface area contributed by atoms with Gasteiger partial charge in [-0.05, 0) is 20.3 Å². The molecule has 0 spiro atoms. The molecule has 0 radical (unpaired) electrons. The summed E-state index contributed by atoms with van der Waals surface area (Å²) < 4.78 is 2.07. The van der Waals surface area contributed by atoms with E-state index in [0.717, 1.165) is 42.5 Å². The summed E-state index contributed by atoms with van der Waals surface area (Å²) in [4.78, 5) is 15.0. The van der Waals surface area contributed by atoms with E-state index in [2.05, 4.69) is 24.8 Å². The summed E-state index contributed by atoms with van der Waals surface area (Å²) in [6, 6.07) is 0. The molecule has 0 fully saturated rings. The van der Waals surface area contributed by atoms with Crippen LogP contribution in [0.25, 0.3) is 0 Å². The van der Waals surface area contributed by atoms with Crippen molar-refractivity contribution in [2.45, 2.75) is 26.8 Å². The number of hydrogen-bond acceptors (Lipinski definition) is 5. The first-order valence-electron chi connectivity index (χ1n) is 6.80. The number of nitrogens with one attached hydrogen (secondary N) is 1. The fourth-order valence-corrected chi connectivity index (χ4v) is 1.87. The van der Waals surface area contributed by atoms with Gasteiger partial charge in [0.05, 0.1) is 6.33 Å². The second-order valence-corrected chi connectivity index (χ2v) is 5.06. The van der Waals surface area contributed by atoms with Gasteiger partial charge < -0.3 is 14.8 Å². The molecular weight excluding hydrogens is 252 g/mol. The summed E-state index contributed by atoms with van der Waals surface area (Å²) in [6.07, 6.45) is 6.64. The lowest BCUT2D eigenvalue weighted by Crippen LogP contribution is -2.16. The Hall–Kier alpha value is -2.11. The van der Waals surface area contributed by atoms with Crippen molar-refractivity contribution in [3.05, 3.63) is 30.0 Å². The van der Waals surface area contributed by atoms with Crippen molar-refractivity contribution < 1.29 is 0 Å². The van der Waals surface area contributed by atoms with Crippen molar-refractivity contribution in [1.29, 1.82) is 0 Å². The molecule has 6 heteroatoms. The fourth-order valence-electron chi connectivity index (χ4n) is 1.87. The Bertz CT molecular complexity index is 547. The SMILES string of the molecule is Cc1nc(N(C)C)nc(NCCCn2ccnc2)c1C. The minimum atomic E-state index is 0.741. The average Bonchev–Trinajstić information content (AvgIpc) is 2.92. The van der Waals surface area contributed by atoms with Gasteiger partial charge in [0.15, 0.2) is 0 Å². The van der Waals surface area contributed by atoms with Crippen LogP contribution in [0.4, 0.5) is 11.8 Å². The van der Waals surface area contributed by atoms with E-state index in [4.69, 9.17) is 0 Å². The monoisotopic (exact) mass is 274 g/mol. The molecule has 0 saturated heterocycles. The zero-order valence-corrected chi connectivity index (χ0v) is 12.6. The molecule has 0 aromatic carbocycles. The fraction of sp³-hybridized carbons (Fsp3) is 0.500. The molecule has 2 heterocycles. The number of rotatable bonds is 6. The minimum Gasteiger partial charge on any atom is -0.370 e. The highest BCUT2D eigenvalue weighted by molar-refractivity contribution is 5.49. The standard InChI is InChI=1S/C14H22N6/c1-11-12(2)17-14(19(3)4)18-13(11)16-6-5-8-20-9-7-15-10-20/h7,9-10H,5-6,8H2,1-4H3,(H,16,17,18). The van der Waals surface area contributed by atoms with Crippen LogP contribution in [0.1, 0.15) is 17.7 Å². The second-order valence-electron chi connectivity index (χ2n) is 5.06. The normalized spacial score (nSPS) is 10.6. The van der Waals surface area contributed by atoms with Crippen LogP contribution in [0.15, 0.2) is 18.7 Å². The van der Waals surface area contributed by atoms with Gasteiger partial charge in [-0.3, -0.25) is 0 Å². The summed E-state index contributed by atoms with van der Waals surface area (Å²) in [5.41, 5.74) is 2.12. The third kappa shape index (κ3) is 3.46. The molecular formula is C14H22N6. The Morgan fingerprint density at radius 2 is 2.05 bits per heavy atom. The summed E-state index contributed by atoms with van der Waals surface area (Å²) >= 11 is 0.